The number of aliphatic carboxylic acids is 1. The van der Waals surface area contributed by atoms with Crippen LogP contribution in [0.5, 0.6) is 0 Å². The Kier molecular flexibility index (Phi) is 7.24. The first-order valence-corrected chi connectivity index (χ1v) is 11.7. The number of aliphatic hydroxyl groups excluding tert-OH is 2. The average Bonchev–Trinajstić information content (AvgIpc) is 2.98. The summed E-state index contributed by atoms with van der Waals surface area (Å²) < 4.78 is 0. The van der Waals surface area contributed by atoms with Crippen molar-refractivity contribution < 1.29 is 49.7 Å². The van der Waals surface area contributed by atoms with Gasteiger partial charge in [0, 0.05) is 5.97 Å². The first-order valence-electron chi connectivity index (χ1n) is 11.7. The summed E-state index contributed by atoms with van der Waals surface area (Å²) in [4.78, 5) is 10.9. The van der Waals surface area contributed by atoms with E-state index in [1.807, 2.05) is 0 Å². The molecule has 160 valence electrons. The topological polar surface area (TPSA) is 80.6 Å². The molecule has 0 aromatic rings. The maximum Gasteiger partial charge on any atom is 1.00 e. The van der Waals surface area contributed by atoms with Gasteiger partial charge in [0.25, 0.3) is 0 Å². The zero-order chi connectivity index (χ0) is 20.3. The maximum atomic E-state index is 11.2. The van der Waals surface area contributed by atoms with Crippen LogP contribution in [0.2, 0.25) is 0 Å². The predicted octanol–water partition coefficient (Wildman–Crippen LogP) is 0.147. The van der Waals surface area contributed by atoms with Crippen LogP contribution >= 0.6 is 0 Å². The number of rotatable bonds is 4. The quantitative estimate of drug-likeness (QED) is 0.642. The fourth-order valence-corrected chi connectivity index (χ4v) is 8.72. The van der Waals surface area contributed by atoms with E-state index in [1.54, 1.807) is 0 Å². The van der Waals surface area contributed by atoms with Gasteiger partial charge in [0.05, 0.1) is 12.2 Å². The summed E-state index contributed by atoms with van der Waals surface area (Å²) >= 11 is 0. The molecule has 4 rings (SSSR count). The number of fused-ring (bicyclic) bond motifs is 5. The Morgan fingerprint density at radius 2 is 1.69 bits per heavy atom. The molecule has 0 aliphatic heterocycles. The van der Waals surface area contributed by atoms with Crippen molar-refractivity contribution >= 4 is 5.97 Å². The van der Waals surface area contributed by atoms with E-state index in [4.69, 9.17) is 0 Å². The molecule has 0 saturated heterocycles. The number of carbonyl (C=O) groups excluding carboxylic acids is 1. The summed E-state index contributed by atoms with van der Waals surface area (Å²) in [6, 6.07) is 0. The minimum absolute atomic E-state index is 0. The van der Waals surface area contributed by atoms with Crippen LogP contribution < -0.4 is 34.7 Å². The first-order chi connectivity index (χ1) is 13.2. The van der Waals surface area contributed by atoms with E-state index in [2.05, 4.69) is 20.8 Å². The van der Waals surface area contributed by atoms with Crippen molar-refractivity contribution in [2.45, 2.75) is 97.2 Å². The number of carboxylic acids is 1. The fraction of sp³-hybridized carbons (Fsp3) is 0.958. The van der Waals surface area contributed by atoms with Gasteiger partial charge in [0.15, 0.2) is 0 Å². The van der Waals surface area contributed by atoms with E-state index in [1.165, 1.54) is 25.7 Å². The molecule has 4 aliphatic carbocycles. The summed E-state index contributed by atoms with van der Waals surface area (Å²) in [5, 5.41) is 32.4. The second-order valence-electron chi connectivity index (χ2n) is 11.3. The minimum Gasteiger partial charge on any atom is -0.550 e. The molecule has 4 nitrogen and oxygen atoms in total. The molecule has 0 heterocycles. The third-order valence-electron chi connectivity index (χ3n) is 10.2. The molecule has 4 fully saturated rings. The molecular formula is C24H39NaO4. The van der Waals surface area contributed by atoms with Crippen molar-refractivity contribution in [2.75, 3.05) is 0 Å². The standard InChI is InChI=1S/C24H40O4.Na/c1-14(4-7-21(27)28)17-5-6-18-22-19(9-11-24(17,18)3)23(2)10-8-16(25)12-15(23)13-20(22)26;/h14-20,22,25-26H,4-13H2,1-3H3,(H,27,28);/q;+1/p-1/t14-,15+,16-,17-,18?,19?,20+,22?,23-,24-;/m1./s1. The van der Waals surface area contributed by atoms with E-state index in [9.17, 15) is 20.1 Å². The molecule has 0 aromatic carbocycles. The van der Waals surface area contributed by atoms with Crippen LogP contribution in [0.15, 0.2) is 0 Å². The number of aliphatic hydroxyl groups is 2. The van der Waals surface area contributed by atoms with Crippen molar-refractivity contribution in [1.82, 2.24) is 0 Å². The van der Waals surface area contributed by atoms with E-state index in [0.717, 1.165) is 25.7 Å². The Labute approximate surface area is 198 Å². The Morgan fingerprint density at radius 1 is 1.03 bits per heavy atom. The Balaban J connectivity index is 0.00000240. The average molecular weight is 415 g/mol. The van der Waals surface area contributed by atoms with E-state index in [0.29, 0.717) is 41.9 Å². The molecule has 5 heteroatoms. The van der Waals surface area contributed by atoms with Crippen LogP contribution in [0, 0.1) is 46.3 Å². The summed E-state index contributed by atoms with van der Waals surface area (Å²) in [5.74, 6) is 1.99. The molecule has 29 heavy (non-hydrogen) atoms. The monoisotopic (exact) mass is 414 g/mol. The van der Waals surface area contributed by atoms with Crippen molar-refractivity contribution in [3.05, 3.63) is 0 Å². The SMILES string of the molecule is C[C@H](CCC(=O)[O-])[C@H]1CCC2C3C(CC[C@@]21C)[C@]1(C)CC[C@@H](O)C[C@H]1C[C@@H]3O.[Na+]. The number of hydrogen-bond donors (Lipinski definition) is 2. The molecule has 10 atom stereocenters. The van der Waals surface area contributed by atoms with Crippen LogP contribution in [-0.4, -0.2) is 28.4 Å². The second kappa shape index (κ2) is 8.73. The largest absolute Gasteiger partial charge is 1.00 e. The molecule has 0 aromatic heterocycles. The van der Waals surface area contributed by atoms with Crippen LogP contribution in [0.1, 0.15) is 85.0 Å². The molecule has 3 unspecified atom stereocenters. The molecule has 4 aliphatic rings. The van der Waals surface area contributed by atoms with Gasteiger partial charge >= 0.3 is 29.6 Å². The van der Waals surface area contributed by atoms with Gasteiger partial charge in [-0.1, -0.05) is 20.8 Å². The molecular weight excluding hydrogens is 375 g/mol. The number of carbonyl (C=O) groups is 1. The zero-order valence-corrected chi connectivity index (χ0v) is 20.9. The van der Waals surface area contributed by atoms with Gasteiger partial charge in [0.1, 0.15) is 0 Å². The van der Waals surface area contributed by atoms with E-state index >= 15 is 0 Å². The molecule has 0 spiro atoms. The number of carboxylic acid groups (broad SMARTS) is 1. The molecule has 2 N–H and O–H groups in total. The molecule has 0 radical (unpaired) electrons. The van der Waals surface area contributed by atoms with Gasteiger partial charge in [-0.3, -0.25) is 0 Å². The summed E-state index contributed by atoms with van der Waals surface area (Å²) in [6.07, 6.45) is 8.91. The fourth-order valence-electron chi connectivity index (χ4n) is 8.72. The Bertz CT molecular complexity index is 612. The van der Waals surface area contributed by atoms with E-state index in [-0.39, 0.29) is 59.0 Å². The Hall–Kier alpha value is 0.390. The van der Waals surface area contributed by atoms with E-state index < -0.39 is 5.97 Å². The Morgan fingerprint density at radius 3 is 2.38 bits per heavy atom. The number of hydrogen-bond acceptors (Lipinski definition) is 4. The molecule has 0 bridgehead atoms. The first kappa shape index (κ1) is 24.0. The summed E-state index contributed by atoms with van der Waals surface area (Å²) in [5.41, 5.74) is 0.494. The van der Waals surface area contributed by atoms with Crippen molar-refractivity contribution in [3.63, 3.8) is 0 Å². The van der Waals surface area contributed by atoms with Crippen molar-refractivity contribution in [1.29, 1.82) is 0 Å². The normalized spacial score (nSPS) is 49.9. The molecule has 4 saturated carbocycles. The predicted molar refractivity (Wildman–Crippen MR) is 106 cm³/mol. The van der Waals surface area contributed by atoms with Gasteiger partial charge in [0.2, 0.25) is 0 Å². The van der Waals surface area contributed by atoms with Crippen molar-refractivity contribution in [3.8, 4) is 0 Å². The second-order valence-corrected chi connectivity index (χ2v) is 11.3. The van der Waals surface area contributed by atoms with Gasteiger partial charge in [-0.15, -0.1) is 0 Å². The third kappa shape index (κ3) is 3.99. The van der Waals surface area contributed by atoms with Gasteiger partial charge in [-0.25, -0.2) is 0 Å². The van der Waals surface area contributed by atoms with Gasteiger partial charge in [-0.2, -0.15) is 0 Å². The molecule has 0 amide bonds. The van der Waals surface area contributed by atoms with Gasteiger partial charge in [-0.05, 0) is 111 Å². The third-order valence-corrected chi connectivity index (χ3v) is 10.2. The van der Waals surface area contributed by atoms with Crippen LogP contribution in [0.25, 0.3) is 0 Å². The maximum absolute atomic E-state index is 11.2. The van der Waals surface area contributed by atoms with Gasteiger partial charge < -0.3 is 20.1 Å². The summed E-state index contributed by atoms with van der Waals surface area (Å²) in [6.45, 7) is 7.11. The van der Waals surface area contributed by atoms with Crippen molar-refractivity contribution in [2.24, 2.45) is 46.3 Å². The zero-order valence-electron chi connectivity index (χ0n) is 18.9. The smallest absolute Gasteiger partial charge is 0.550 e. The van der Waals surface area contributed by atoms with Crippen LogP contribution in [-0.2, 0) is 4.79 Å². The summed E-state index contributed by atoms with van der Waals surface area (Å²) in [7, 11) is 0. The van der Waals surface area contributed by atoms with Crippen LogP contribution in [0.4, 0.5) is 0 Å². The minimum atomic E-state index is -0.934. The van der Waals surface area contributed by atoms with Crippen LogP contribution in [0.3, 0.4) is 0 Å².